The van der Waals surface area contributed by atoms with E-state index < -0.39 is 5.97 Å². The summed E-state index contributed by atoms with van der Waals surface area (Å²) in [4.78, 5) is 14.6. The van der Waals surface area contributed by atoms with E-state index in [1.165, 1.54) is 6.07 Å². The summed E-state index contributed by atoms with van der Waals surface area (Å²) < 4.78 is 2.09. The number of carboxylic acid groups (broad SMARTS) is 1. The Hall–Kier alpha value is -1.46. The third-order valence-corrected chi connectivity index (χ3v) is 2.10. The predicted octanol–water partition coefficient (Wildman–Crippen LogP) is 2.18. The zero-order valence-electron chi connectivity index (χ0n) is 7.45. The molecule has 0 bridgehead atoms. The SMILES string of the molecule is Cl.O=C(O)c1cc(=S)n2ccccc2n1. The molecule has 1 N–H and O–H groups in total. The number of hydrogen-bond donors (Lipinski definition) is 1. The van der Waals surface area contributed by atoms with Crippen LogP contribution in [0.2, 0.25) is 0 Å². The first-order valence-corrected chi connectivity index (χ1v) is 4.31. The van der Waals surface area contributed by atoms with Gasteiger partial charge in [-0.25, -0.2) is 9.78 Å². The number of carboxylic acids is 1. The molecule has 0 aliphatic rings. The summed E-state index contributed by atoms with van der Waals surface area (Å²) in [6, 6.07) is 6.67. The van der Waals surface area contributed by atoms with E-state index in [1.54, 1.807) is 22.7 Å². The molecule has 78 valence electrons. The van der Waals surface area contributed by atoms with Gasteiger partial charge in [-0.2, -0.15) is 0 Å². The third-order valence-electron chi connectivity index (χ3n) is 1.79. The van der Waals surface area contributed by atoms with Crippen molar-refractivity contribution in [3.63, 3.8) is 0 Å². The van der Waals surface area contributed by atoms with Crippen molar-refractivity contribution in [2.45, 2.75) is 0 Å². The van der Waals surface area contributed by atoms with E-state index in [1.807, 2.05) is 6.07 Å². The van der Waals surface area contributed by atoms with Gasteiger partial charge >= 0.3 is 5.97 Å². The fourth-order valence-electron chi connectivity index (χ4n) is 1.16. The van der Waals surface area contributed by atoms with Crippen LogP contribution >= 0.6 is 24.6 Å². The van der Waals surface area contributed by atoms with Gasteiger partial charge in [0.05, 0.1) is 0 Å². The molecule has 2 aromatic rings. The lowest BCUT2D eigenvalue weighted by Gasteiger charge is -2.00. The van der Waals surface area contributed by atoms with Crippen molar-refractivity contribution in [3.05, 3.63) is 40.8 Å². The van der Waals surface area contributed by atoms with Crippen LogP contribution < -0.4 is 0 Å². The van der Waals surface area contributed by atoms with Crippen LogP contribution in [0.5, 0.6) is 0 Å². The van der Waals surface area contributed by atoms with Crippen molar-refractivity contribution < 1.29 is 9.90 Å². The van der Waals surface area contributed by atoms with E-state index in [0.29, 0.717) is 10.3 Å². The van der Waals surface area contributed by atoms with E-state index in [2.05, 4.69) is 4.98 Å². The second kappa shape index (κ2) is 4.37. The summed E-state index contributed by atoms with van der Waals surface area (Å²) in [6.45, 7) is 0. The first kappa shape index (κ1) is 11.6. The number of pyridine rings is 1. The van der Waals surface area contributed by atoms with E-state index in [9.17, 15) is 4.79 Å². The summed E-state index contributed by atoms with van der Waals surface area (Å²) in [5.74, 6) is -1.07. The zero-order valence-corrected chi connectivity index (χ0v) is 9.09. The number of halogens is 1. The summed E-state index contributed by atoms with van der Waals surface area (Å²) in [5.41, 5.74) is 0.513. The van der Waals surface area contributed by atoms with Crippen molar-refractivity contribution in [3.8, 4) is 0 Å². The highest BCUT2D eigenvalue weighted by Gasteiger charge is 2.05. The summed E-state index contributed by atoms with van der Waals surface area (Å²) in [5, 5.41) is 8.75. The van der Waals surface area contributed by atoms with Gasteiger partial charge in [0.2, 0.25) is 0 Å². The smallest absolute Gasteiger partial charge is 0.354 e. The minimum atomic E-state index is -1.07. The Morgan fingerprint density at radius 2 is 2.20 bits per heavy atom. The molecule has 0 saturated heterocycles. The maximum absolute atomic E-state index is 10.7. The third kappa shape index (κ3) is 2.14. The molecule has 0 atom stereocenters. The molecule has 0 radical (unpaired) electrons. The summed E-state index contributed by atoms with van der Waals surface area (Å²) in [7, 11) is 0. The molecule has 0 unspecified atom stereocenters. The minimum absolute atomic E-state index is 0. The Labute approximate surface area is 96.6 Å². The quantitative estimate of drug-likeness (QED) is 0.779. The van der Waals surface area contributed by atoms with Crippen molar-refractivity contribution >= 4 is 36.2 Å². The van der Waals surface area contributed by atoms with Crippen LogP contribution in [0.25, 0.3) is 5.65 Å². The van der Waals surface area contributed by atoms with Crippen molar-refractivity contribution in [1.29, 1.82) is 0 Å². The van der Waals surface area contributed by atoms with Crippen molar-refractivity contribution in [1.82, 2.24) is 9.38 Å². The van der Waals surface area contributed by atoms with Crippen LogP contribution in [0.3, 0.4) is 0 Å². The van der Waals surface area contributed by atoms with Gasteiger partial charge in [-0.3, -0.25) is 4.40 Å². The molecular weight excluding hydrogens is 236 g/mol. The number of rotatable bonds is 1. The van der Waals surface area contributed by atoms with E-state index in [-0.39, 0.29) is 18.1 Å². The lowest BCUT2D eigenvalue weighted by molar-refractivity contribution is 0.0690. The molecule has 0 fully saturated rings. The van der Waals surface area contributed by atoms with Crippen LogP contribution in [0, 0.1) is 4.64 Å². The van der Waals surface area contributed by atoms with Gasteiger partial charge in [-0.05, 0) is 12.1 Å². The topological polar surface area (TPSA) is 54.6 Å². The largest absolute Gasteiger partial charge is 0.477 e. The molecule has 4 nitrogen and oxygen atoms in total. The normalized spacial score (nSPS) is 9.60. The fourth-order valence-corrected chi connectivity index (χ4v) is 1.43. The second-order valence-electron chi connectivity index (χ2n) is 2.71. The predicted molar refractivity (Wildman–Crippen MR) is 60.2 cm³/mol. The minimum Gasteiger partial charge on any atom is -0.477 e. The molecule has 0 saturated carbocycles. The first-order valence-electron chi connectivity index (χ1n) is 3.90. The molecule has 15 heavy (non-hydrogen) atoms. The second-order valence-corrected chi connectivity index (χ2v) is 3.13. The molecule has 0 aliphatic heterocycles. The van der Waals surface area contributed by atoms with Gasteiger partial charge in [0, 0.05) is 12.3 Å². The van der Waals surface area contributed by atoms with E-state index in [0.717, 1.165) is 0 Å². The highest BCUT2D eigenvalue weighted by Crippen LogP contribution is 2.04. The van der Waals surface area contributed by atoms with Gasteiger partial charge < -0.3 is 5.11 Å². The molecule has 0 spiro atoms. The number of nitrogens with zero attached hydrogens (tertiary/aromatic N) is 2. The van der Waals surface area contributed by atoms with Crippen LogP contribution in [0.4, 0.5) is 0 Å². The number of aromatic carboxylic acids is 1. The van der Waals surface area contributed by atoms with E-state index in [4.69, 9.17) is 17.3 Å². The maximum atomic E-state index is 10.7. The lowest BCUT2D eigenvalue weighted by Crippen LogP contribution is -2.03. The average Bonchev–Trinajstić information content (AvgIpc) is 2.17. The number of aromatic nitrogens is 2. The Balaban J connectivity index is 0.00000112. The van der Waals surface area contributed by atoms with Crippen molar-refractivity contribution in [2.24, 2.45) is 0 Å². The molecule has 0 amide bonds. The van der Waals surface area contributed by atoms with Crippen LogP contribution in [0.15, 0.2) is 30.5 Å². The van der Waals surface area contributed by atoms with Gasteiger partial charge in [0.1, 0.15) is 10.3 Å². The molecule has 2 heterocycles. The fraction of sp³-hybridized carbons (Fsp3) is 0. The van der Waals surface area contributed by atoms with Crippen LogP contribution in [-0.4, -0.2) is 20.5 Å². The Bertz CT molecular complexity index is 567. The molecular formula is C9H7ClN2O2S. The van der Waals surface area contributed by atoms with Gasteiger partial charge in [0.15, 0.2) is 5.69 Å². The monoisotopic (exact) mass is 242 g/mol. The van der Waals surface area contributed by atoms with Crippen LogP contribution in [-0.2, 0) is 0 Å². The molecule has 0 aliphatic carbocycles. The highest BCUT2D eigenvalue weighted by atomic mass is 35.5. The van der Waals surface area contributed by atoms with Gasteiger partial charge in [-0.15, -0.1) is 12.4 Å². The van der Waals surface area contributed by atoms with Crippen LogP contribution in [0.1, 0.15) is 10.5 Å². The molecule has 6 heteroatoms. The Morgan fingerprint density at radius 1 is 1.47 bits per heavy atom. The Kier molecular flexibility index (Phi) is 3.39. The number of fused-ring (bicyclic) bond motifs is 1. The average molecular weight is 243 g/mol. The zero-order chi connectivity index (χ0) is 10.1. The molecule has 2 aromatic heterocycles. The standard InChI is InChI=1S/C9H6N2O2S.ClH/c12-9(13)6-5-8(14)11-4-2-1-3-7(11)10-6;/h1-5H,(H,12,13);1H. The lowest BCUT2D eigenvalue weighted by atomic mass is 10.4. The van der Waals surface area contributed by atoms with Crippen molar-refractivity contribution in [2.75, 3.05) is 0 Å². The van der Waals surface area contributed by atoms with E-state index >= 15 is 0 Å². The number of carbonyl (C=O) groups is 1. The molecule has 0 aromatic carbocycles. The first-order chi connectivity index (χ1) is 6.68. The Morgan fingerprint density at radius 3 is 2.87 bits per heavy atom. The maximum Gasteiger partial charge on any atom is 0.354 e. The molecule has 2 rings (SSSR count). The highest BCUT2D eigenvalue weighted by molar-refractivity contribution is 7.71. The van der Waals surface area contributed by atoms with Gasteiger partial charge in [-0.1, -0.05) is 18.3 Å². The van der Waals surface area contributed by atoms with Gasteiger partial charge in [0.25, 0.3) is 0 Å². The summed E-state index contributed by atoms with van der Waals surface area (Å²) >= 11 is 5.02. The summed E-state index contributed by atoms with van der Waals surface area (Å²) in [6.07, 6.45) is 1.75. The number of hydrogen-bond acceptors (Lipinski definition) is 3.